The molecule has 0 aliphatic rings. The van der Waals surface area contributed by atoms with Gasteiger partial charge in [0.05, 0.1) is 0 Å². The Balaban J connectivity index is 0. The zero-order valence-electron chi connectivity index (χ0n) is 5.29. The molecule has 54 valence electrons. The summed E-state index contributed by atoms with van der Waals surface area (Å²) in [7, 11) is 0. The summed E-state index contributed by atoms with van der Waals surface area (Å²) in [5, 5.41) is 0. The first-order valence-corrected chi connectivity index (χ1v) is 2.38. The summed E-state index contributed by atoms with van der Waals surface area (Å²) in [6.45, 7) is 2.83. The average Bonchev–Trinajstić information content (AvgIpc) is 1.65. The molecule has 0 saturated carbocycles. The van der Waals surface area contributed by atoms with Crippen molar-refractivity contribution in [3.63, 3.8) is 0 Å². The first-order chi connectivity index (χ1) is 3.66. The van der Waals surface area contributed by atoms with Gasteiger partial charge in [0.1, 0.15) is 0 Å². The molecule has 0 rings (SSSR count). The summed E-state index contributed by atoms with van der Waals surface area (Å²) in [5.41, 5.74) is 0. The Morgan fingerprint density at radius 3 is 2.00 bits per heavy atom. The van der Waals surface area contributed by atoms with Crippen molar-refractivity contribution in [3.8, 4) is 0 Å². The molecule has 0 fully saturated rings. The van der Waals surface area contributed by atoms with Crippen LogP contribution in [0, 0.1) is 0 Å². The van der Waals surface area contributed by atoms with Crippen LogP contribution in [0.1, 0.15) is 20.3 Å². The Kier molecular flexibility index (Phi) is 7.37. The van der Waals surface area contributed by atoms with E-state index in [0.717, 1.165) is 0 Å². The van der Waals surface area contributed by atoms with Crippen LogP contribution in [0.15, 0.2) is 0 Å². The van der Waals surface area contributed by atoms with Crippen LogP contribution < -0.4 is 0 Å². The van der Waals surface area contributed by atoms with Gasteiger partial charge in [0, 0.05) is 30.4 Å². The van der Waals surface area contributed by atoms with Crippen molar-refractivity contribution in [1.82, 2.24) is 0 Å². The van der Waals surface area contributed by atoms with E-state index in [-0.39, 0.29) is 23.5 Å². The molecular formula is C5H8FeO3. The Morgan fingerprint density at radius 1 is 1.44 bits per heavy atom. The molecule has 0 amide bonds. The third-order valence-electron chi connectivity index (χ3n) is 0.546. The summed E-state index contributed by atoms with van der Waals surface area (Å²) in [6.07, 6.45) is 0.250. The standard InChI is InChI=1S/C5H8O3.Fe/c1-3-5(7)8-4(2)6;/h3H2,1-2H3;. The zero-order valence-corrected chi connectivity index (χ0v) is 6.39. The van der Waals surface area contributed by atoms with E-state index in [1.165, 1.54) is 6.92 Å². The zero-order chi connectivity index (χ0) is 6.57. The number of carbonyl (C=O) groups excluding carboxylic acids is 2. The number of hydrogen-bond acceptors (Lipinski definition) is 3. The van der Waals surface area contributed by atoms with E-state index in [0.29, 0.717) is 0 Å². The molecule has 0 N–H and O–H groups in total. The molecule has 0 aromatic carbocycles. The van der Waals surface area contributed by atoms with E-state index in [2.05, 4.69) is 4.74 Å². The largest absolute Gasteiger partial charge is 0.393 e. The van der Waals surface area contributed by atoms with Gasteiger partial charge in [-0.1, -0.05) is 6.92 Å². The Hall–Kier alpha value is -0.341. The first-order valence-electron chi connectivity index (χ1n) is 2.38. The van der Waals surface area contributed by atoms with Gasteiger partial charge in [0.2, 0.25) is 0 Å². The van der Waals surface area contributed by atoms with Gasteiger partial charge >= 0.3 is 11.9 Å². The number of hydrogen-bond donors (Lipinski definition) is 0. The molecular weight excluding hydrogens is 164 g/mol. The molecule has 0 aromatic rings. The smallest absolute Gasteiger partial charge is 0.313 e. The van der Waals surface area contributed by atoms with Crippen molar-refractivity contribution >= 4 is 11.9 Å². The van der Waals surface area contributed by atoms with Crippen LogP contribution in [0.25, 0.3) is 0 Å². The number of carbonyl (C=O) groups is 2. The number of ether oxygens (including phenoxy) is 1. The maximum absolute atomic E-state index is 10.2. The summed E-state index contributed by atoms with van der Waals surface area (Å²) in [6, 6.07) is 0. The van der Waals surface area contributed by atoms with E-state index in [1.807, 2.05) is 0 Å². The van der Waals surface area contributed by atoms with Crippen LogP contribution in [0.2, 0.25) is 0 Å². The SMILES string of the molecule is CCC(=O)OC(C)=O.[Fe]. The second-order valence-corrected chi connectivity index (χ2v) is 1.32. The molecule has 0 unspecified atom stereocenters. The van der Waals surface area contributed by atoms with E-state index >= 15 is 0 Å². The van der Waals surface area contributed by atoms with Gasteiger partial charge in [-0.3, -0.25) is 9.59 Å². The molecule has 0 spiro atoms. The summed E-state index contributed by atoms with van der Waals surface area (Å²) in [4.78, 5) is 20.1. The summed E-state index contributed by atoms with van der Waals surface area (Å²) < 4.78 is 4.12. The normalized spacial score (nSPS) is 7.33. The molecule has 0 aliphatic carbocycles. The fourth-order valence-corrected chi connectivity index (χ4v) is 0.232. The van der Waals surface area contributed by atoms with Crippen molar-refractivity contribution in [2.45, 2.75) is 20.3 Å². The minimum absolute atomic E-state index is 0. The molecule has 3 nitrogen and oxygen atoms in total. The molecule has 0 atom stereocenters. The topological polar surface area (TPSA) is 43.4 Å². The molecule has 9 heavy (non-hydrogen) atoms. The van der Waals surface area contributed by atoms with E-state index in [9.17, 15) is 9.59 Å². The fourth-order valence-electron chi connectivity index (χ4n) is 0.232. The Labute approximate surface area is 64.2 Å². The van der Waals surface area contributed by atoms with E-state index in [4.69, 9.17) is 0 Å². The molecule has 0 radical (unpaired) electrons. The van der Waals surface area contributed by atoms with Crippen molar-refractivity contribution in [1.29, 1.82) is 0 Å². The maximum Gasteiger partial charge on any atom is 0.313 e. The number of rotatable bonds is 1. The fraction of sp³-hybridized carbons (Fsp3) is 0.600. The molecule has 0 aromatic heterocycles. The van der Waals surface area contributed by atoms with Gasteiger partial charge in [-0.2, -0.15) is 0 Å². The quantitative estimate of drug-likeness (QED) is 0.328. The average molecular weight is 172 g/mol. The molecule has 0 bridgehead atoms. The minimum Gasteiger partial charge on any atom is -0.393 e. The Morgan fingerprint density at radius 2 is 1.89 bits per heavy atom. The predicted molar refractivity (Wildman–Crippen MR) is 27.1 cm³/mol. The Bertz CT molecular complexity index is 111. The first kappa shape index (κ1) is 11.5. The monoisotopic (exact) mass is 172 g/mol. The van der Waals surface area contributed by atoms with Crippen LogP contribution in [-0.2, 0) is 31.4 Å². The van der Waals surface area contributed by atoms with Crippen LogP contribution in [0.5, 0.6) is 0 Å². The van der Waals surface area contributed by atoms with Gasteiger partial charge in [-0.25, -0.2) is 0 Å². The summed E-state index contributed by atoms with van der Waals surface area (Å²) in [5.74, 6) is -1.02. The third-order valence-corrected chi connectivity index (χ3v) is 0.546. The van der Waals surface area contributed by atoms with Gasteiger partial charge < -0.3 is 4.74 Å². The second-order valence-electron chi connectivity index (χ2n) is 1.32. The summed E-state index contributed by atoms with van der Waals surface area (Å²) >= 11 is 0. The van der Waals surface area contributed by atoms with Gasteiger partial charge in [-0.15, -0.1) is 0 Å². The van der Waals surface area contributed by atoms with Crippen molar-refractivity contribution in [2.24, 2.45) is 0 Å². The molecule has 0 aliphatic heterocycles. The van der Waals surface area contributed by atoms with Gasteiger partial charge in [0.25, 0.3) is 0 Å². The van der Waals surface area contributed by atoms with Crippen LogP contribution in [0.4, 0.5) is 0 Å². The van der Waals surface area contributed by atoms with E-state index < -0.39 is 11.9 Å². The van der Waals surface area contributed by atoms with Crippen LogP contribution in [-0.4, -0.2) is 11.9 Å². The third kappa shape index (κ3) is 7.66. The minimum atomic E-state index is -0.545. The molecule has 0 saturated heterocycles. The van der Waals surface area contributed by atoms with E-state index in [1.54, 1.807) is 6.92 Å². The van der Waals surface area contributed by atoms with Gasteiger partial charge in [0.15, 0.2) is 0 Å². The number of esters is 2. The van der Waals surface area contributed by atoms with Gasteiger partial charge in [-0.05, 0) is 0 Å². The van der Waals surface area contributed by atoms with Crippen LogP contribution >= 0.6 is 0 Å². The van der Waals surface area contributed by atoms with Crippen molar-refractivity contribution < 1.29 is 31.4 Å². The van der Waals surface area contributed by atoms with Crippen molar-refractivity contribution in [2.75, 3.05) is 0 Å². The maximum atomic E-state index is 10.2. The second kappa shape index (κ2) is 5.79. The van der Waals surface area contributed by atoms with Crippen LogP contribution in [0.3, 0.4) is 0 Å². The molecule has 4 heteroatoms. The van der Waals surface area contributed by atoms with Crippen molar-refractivity contribution in [3.05, 3.63) is 0 Å². The molecule has 0 heterocycles. The predicted octanol–water partition coefficient (Wildman–Crippen LogP) is 0.484.